The van der Waals surface area contributed by atoms with Crippen molar-refractivity contribution in [2.45, 2.75) is 63.9 Å². The van der Waals surface area contributed by atoms with Crippen LogP contribution in [-0.2, 0) is 25.4 Å². The number of carbonyl (C=O) groups excluding carboxylic acids is 1. The second kappa shape index (κ2) is 7.00. The van der Waals surface area contributed by atoms with Gasteiger partial charge in [0.25, 0.3) is 0 Å². The van der Waals surface area contributed by atoms with E-state index >= 15 is 0 Å². The Bertz CT molecular complexity index is 586. The van der Waals surface area contributed by atoms with Crippen molar-refractivity contribution in [1.29, 1.82) is 0 Å². The van der Waals surface area contributed by atoms with Crippen LogP contribution in [0, 0.1) is 0 Å². The van der Waals surface area contributed by atoms with Crippen LogP contribution in [0.15, 0.2) is 30.3 Å². The Kier molecular flexibility index (Phi) is 5.54. The van der Waals surface area contributed by atoms with Gasteiger partial charge in [-0.05, 0) is 33.3 Å². The molecule has 138 valence electrons. The summed E-state index contributed by atoms with van der Waals surface area (Å²) in [6, 6.07) is 8.76. The molecule has 4 nitrogen and oxygen atoms in total. The molecule has 1 saturated heterocycles. The zero-order chi connectivity index (χ0) is 18.9. The Morgan fingerprint density at radius 1 is 1.12 bits per heavy atom. The second-order valence-electron chi connectivity index (χ2n) is 7.12. The summed E-state index contributed by atoms with van der Waals surface area (Å²) in [4.78, 5) is 11.9. The molecule has 1 aliphatic rings. The minimum Gasteiger partial charge on any atom is -0.461 e. The van der Waals surface area contributed by atoms with Gasteiger partial charge in [0.1, 0.15) is 12.4 Å². The third-order valence-electron chi connectivity index (χ3n) is 4.65. The first-order chi connectivity index (χ1) is 11.4. The summed E-state index contributed by atoms with van der Waals surface area (Å²) in [7, 11) is -1.55. The van der Waals surface area contributed by atoms with E-state index in [-0.39, 0.29) is 6.61 Å². The molecule has 1 atom stereocenters. The van der Waals surface area contributed by atoms with E-state index in [1.807, 2.05) is 0 Å². The van der Waals surface area contributed by atoms with Crippen LogP contribution in [0.25, 0.3) is 0 Å². The van der Waals surface area contributed by atoms with E-state index in [2.05, 4.69) is 0 Å². The van der Waals surface area contributed by atoms with E-state index in [1.165, 1.54) is 0 Å². The monoisotopic (exact) mass is 358 g/mol. The van der Waals surface area contributed by atoms with Gasteiger partial charge in [-0.1, -0.05) is 30.3 Å². The molecule has 2 rings (SSSR count). The molecule has 25 heavy (non-hydrogen) atoms. The Morgan fingerprint density at radius 2 is 1.64 bits per heavy atom. The minimum absolute atomic E-state index is 0.0758. The Hall–Kier alpha value is -1.54. The summed E-state index contributed by atoms with van der Waals surface area (Å²) < 4.78 is 56.2. The molecule has 1 heterocycles. The van der Waals surface area contributed by atoms with Gasteiger partial charge in [0.05, 0.1) is 17.6 Å². The molecule has 1 fully saturated rings. The zero-order valence-electron chi connectivity index (χ0n) is 14.7. The number of hydrogen-bond donors (Lipinski definition) is 0. The molecule has 1 aromatic carbocycles. The summed E-state index contributed by atoms with van der Waals surface area (Å²) in [5.74, 6) is -3.03. The van der Waals surface area contributed by atoms with Crippen LogP contribution in [0.2, 0.25) is 5.82 Å². The Morgan fingerprint density at radius 3 is 2.12 bits per heavy atom. The normalized spacial score (nSPS) is 20.4. The molecule has 0 bridgehead atoms. The predicted octanol–water partition coefficient (Wildman–Crippen LogP) is 4.14. The molecule has 1 unspecified atom stereocenters. The second-order valence-corrected chi connectivity index (χ2v) is 7.12. The topological polar surface area (TPSA) is 44.8 Å². The van der Waals surface area contributed by atoms with Crippen LogP contribution in [0.4, 0.5) is 13.2 Å². The molecule has 8 heteroatoms. The van der Waals surface area contributed by atoms with Crippen molar-refractivity contribution < 1.29 is 32.0 Å². The van der Waals surface area contributed by atoms with Crippen LogP contribution in [0.1, 0.15) is 39.7 Å². The maximum atomic E-state index is 13.4. The first-order valence-corrected chi connectivity index (χ1v) is 8.04. The molecule has 0 saturated carbocycles. The lowest BCUT2D eigenvalue weighted by Crippen LogP contribution is -2.41. The molecule has 1 aliphatic heterocycles. The first kappa shape index (κ1) is 19.8. The van der Waals surface area contributed by atoms with E-state index in [4.69, 9.17) is 14.0 Å². The Labute approximate surface area is 145 Å². The maximum Gasteiger partial charge on any atom is 0.471 e. The highest BCUT2D eigenvalue weighted by molar-refractivity contribution is 6.48. The Balaban J connectivity index is 2.03. The standard InChI is InChI=1S/C17H22BF3O4/c1-15(2)16(3,4)25-18(24-15)13(17(19,20)21)10-14(22)23-11-12-8-6-5-7-9-12/h5-9,13H,10-11H2,1-4H3. The highest BCUT2D eigenvalue weighted by Gasteiger charge is 2.60. The van der Waals surface area contributed by atoms with Gasteiger partial charge in [-0.2, -0.15) is 13.2 Å². The summed E-state index contributed by atoms with van der Waals surface area (Å²) in [5, 5.41) is 0. The molecule has 0 aromatic heterocycles. The molecule has 0 radical (unpaired) electrons. The summed E-state index contributed by atoms with van der Waals surface area (Å²) in [6.07, 6.45) is -5.50. The number of hydrogen-bond acceptors (Lipinski definition) is 4. The number of esters is 1. The number of carbonyl (C=O) groups is 1. The van der Waals surface area contributed by atoms with Crippen LogP contribution in [0.5, 0.6) is 0 Å². The molecule has 0 aliphatic carbocycles. The lowest BCUT2D eigenvalue weighted by molar-refractivity contribution is -0.160. The largest absolute Gasteiger partial charge is 0.471 e. The summed E-state index contributed by atoms with van der Waals surface area (Å²) in [6.45, 7) is 6.57. The minimum atomic E-state index is -4.65. The van der Waals surface area contributed by atoms with Crippen molar-refractivity contribution >= 4 is 13.1 Å². The molecule has 0 amide bonds. The number of rotatable bonds is 5. The lowest BCUT2D eigenvalue weighted by Gasteiger charge is -2.32. The van der Waals surface area contributed by atoms with Gasteiger partial charge in [-0.3, -0.25) is 4.79 Å². The van der Waals surface area contributed by atoms with Crippen molar-refractivity contribution in [2.75, 3.05) is 0 Å². The lowest BCUT2D eigenvalue weighted by atomic mass is 9.69. The highest BCUT2D eigenvalue weighted by Crippen LogP contribution is 2.46. The molecular weight excluding hydrogens is 336 g/mol. The van der Waals surface area contributed by atoms with Gasteiger partial charge in [0, 0.05) is 0 Å². The predicted molar refractivity (Wildman–Crippen MR) is 86.7 cm³/mol. The molecular formula is C17H22BF3O4. The highest BCUT2D eigenvalue weighted by atomic mass is 19.4. The van der Waals surface area contributed by atoms with E-state index in [9.17, 15) is 18.0 Å². The van der Waals surface area contributed by atoms with E-state index in [0.717, 1.165) is 0 Å². The fourth-order valence-electron chi connectivity index (χ4n) is 2.40. The molecule has 0 N–H and O–H groups in total. The first-order valence-electron chi connectivity index (χ1n) is 8.04. The quantitative estimate of drug-likeness (QED) is 0.586. The number of alkyl halides is 3. The van der Waals surface area contributed by atoms with Gasteiger partial charge in [0.2, 0.25) is 0 Å². The third kappa shape index (κ3) is 4.76. The van der Waals surface area contributed by atoms with Gasteiger partial charge >= 0.3 is 19.3 Å². The van der Waals surface area contributed by atoms with Crippen LogP contribution in [0.3, 0.4) is 0 Å². The zero-order valence-corrected chi connectivity index (χ0v) is 14.7. The third-order valence-corrected chi connectivity index (χ3v) is 4.65. The molecule has 0 spiro atoms. The fraction of sp³-hybridized carbons (Fsp3) is 0.588. The maximum absolute atomic E-state index is 13.4. The van der Waals surface area contributed by atoms with Crippen LogP contribution < -0.4 is 0 Å². The molecule has 1 aromatic rings. The van der Waals surface area contributed by atoms with Gasteiger partial charge in [-0.15, -0.1) is 0 Å². The van der Waals surface area contributed by atoms with E-state index < -0.39 is 42.7 Å². The number of halogens is 3. The smallest absolute Gasteiger partial charge is 0.461 e. The van der Waals surface area contributed by atoms with Crippen molar-refractivity contribution in [3.63, 3.8) is 0 Å². The van der Waals surface area contributed by atoms with Gasteiger partial charge in [0.15, 0.2) is 0 Å². The average molecular weight is 358 g/mol. The van der Waals surface area contributed by atoms with E-state index in [0.29, 0.717) is 5.56 Å². The number of ether oxygens (including phenoxy) is 1. The van der Waals surface area contributed by atoms with Crippen LogP contribution in [-0.4, -0.2) is 30.5 Å². The number of benzene rings is 1. The van der Waals surface area contributed by atoms with Crippen LogP contribution >= 0.6 is 0 Å². The van der Waals surface area contributed by atoms with Gasteiger partial charge < -0.3 is 14.0 Å². The van der Waals surface area contributed by atoms with Crippen molar-refractivity contribution in [3.8, 4) is 0 Å². The fourth-order valence-corrected chi connectivity index (χ4v) is 2.40. The van der Waals surface area contributed by atoms with E-state index in [1.54, 1.807) is 58.0 Å². The van der Waals surface area contributed by atoms with Crippen molar-refractivity contribution in [1.82, 2.24) is 0 Å². The summed E-state index contributed by atoms with van der Waals surface area (Å²) >= 11 is 0. The summed E-state index contributed by atoms with van der Waals surface area (Å²) in [5.41, 5.74) is -1.11. The SMILES string of the molecule is CC1(C)OB(C(CC(=O)OCc2ccccc2)C(F)(F)F)OC1(C)C. The average Bonchev–Trinajstić information content (AvgIpc) is 2.70. The van der Waals surface area contributed by atoms with Gasteiger partial charge in [-0.25, -0.2) is 0 Å². The van der Waals surface area contributed by atoms with Crippen molar-refractivity contribution in [3.05, 3.63) is 35.9 Å². The van der Waals surface area contributed by atoms with Crippen molar-refractivity contribution in [2.24, 2.45) is 0 Å².